The molecule has 3 rings (SSSR count). The van der Waals surface area contributed by atoms with Crippen LogP contribution >= 0.6 is 12.4 Å². The maximum atomic E-state index is 12.4. The molecule has 2 fully saturated rings. The van der Waals surface area contributed by atoms with Crippen molar-refractivity contribution in [3.05, 3.63) is 29.8 Å². The Kier molecular flexibility index (Phi) is 7.70. The van der Waals surface area contributed by atoms with Crippen molar-refractivity contribution in [2.75, 3.05) is 32.9 Å². The molecule has 2 aliphatic heterocycles. The van der Waals surface area contributed by atoms with Gasteiger partial charge >= 0.3 is 0 Å². The standard InChI is InChI=1S/C19H28N2O4.ClH/c1-2-25-16-5-3-14(4-6-16)19(7-9-24-10-8-19)13-21-18(23)17-11-15(22)12-20-17;/h3-6,15,17,20,22H,2,7-13H2,1H3,(H,21,23);1H. The van der Waals surface area contributed by atoms with Gasteiger partial charge in [-0.3, -0.25) is 4.79 Å². The van der Waals surface area contributed by atoms with Crippen molar-refractivity contribution in [1.82, 2.24) is 10.6 Å². The van der Waals surface area contributed by atoms with Crippen molar-refractivity contribution in [2.24, 2.45) is 0 Å². The van der Waals surface area contributed by atoms with Crippen molar-refractivity contribution in [1.29, 1.82) is 0 Å². The van der Waals surface area contributed by atoms with E-state index in [1.54, 1.807) is 0 Å². The van der Waals surface area contributed by atoms with Gasteiger partial charge in [-0.1, -0.05) is 12.1 Å². The summed E-state index contributed by atoms with van der Waals surface area (Å²) < 4.78 is 11.1. The Balaban J connectivity index is 0.00000243. The number of benzene rings is 1. The van der Waals surface area contributed by atoms with E-state index in [0.29, 0.717) is 39.3 Å². The van der Waals surface area contributed by atoms with Crippen LogP contribution in [0.1, 0.15) is 31.7 Å². The number of amides is 1. The lowest BCUT2D eigenvalue weighted by molar-refractivity contribution is -0.123. The van der Waals surface area contributed by atoms with Crippen molar-refractivity contribution < 1.29 is 19.4 Å². The number of halogens is 1. The van der Waals surface area contributed by atoms with Crippen molar-refractivity contribution in [2.45, 2.75) is 43.7 Å². The van der Waals surface area contributed by atoms with Gasteiger partial charge in [-0.05, 0) is 43.9 Å². The summed E-state index contributed by atoms with van der Waals surface area (Å²) in [6.07, 6.45) is 1.80. The molecule has 2 heterocycles. The number of aliphatic hydroxyl groups excluding tert-OH is 1. The molecule has 6 nitrogen and oxygen atoms in total. The maximum absolute atomic E-state index is 12.4. The highest BCUT2D eigenvalue weighted by molar-refractivity contribution is 5.85. The molecule has 0 bridgehead atoms. The van der Waals surface area contributed by atoms with Gasteiger partial charge in [0.15, 0.2) is 0 Å². The number of carbonyl (C=O) groups is 1. The summed E-state index contributed by atoms with van der Waals surface area (Å²) in [6.45, 7) is 5.08. The van der Waals surface area contributed by atoms with E-state index in [-0.39, 0.29) is 29.8 Å². The molecule has 0 saturated carbocycles. The van der Waals surface area contributed by atoms with Crippen molar-refractivity contribution >= 4 is 18.3 Å². The second-order valence-electron chi connectivity index (χ2n) is 6.92. The van der Waals surface area contributed by atoms with Crippen molar-refractivity contribution in [3.63, 3.8) is 0 Å². The number of carbonyl (C=O) groups excluding carboxylic acids is 1. The predicted octanol–water partition coefficient (Wildman–Crippen LogP) is 1.39. The molecule has 2 saturated heterocycles. The van der Waals surface area contributed by atoms with E-state index in [2.05, 4.69) is 22.8 Å². The van der Waals surface area contributed by atoms with Crippen LogP contribution in [0.4, 0.5) is 0 Å². The molecule has 7 heteroatoms. The quantitative estimate of drug-likeness (QED) is 0.690. The number of nitrogens with one attached hydrogen (secondary N) is 2. The lowest BCUT2D eigenvalue weighted by Gasteiger charge is -2.38. The molecule has 146 valence electrons. The van der Waals surface area contributed by atoms with Crippen LogP contribution < -0.4 is 15.4 Å². The largest absolute Gasteiger partial charge is 0.494 e. The molecular formula is C19H29ClN2O4. The van der Waals surface area contributed by atoms with Crippen LogP contribution in [-0.4, -0.2) is 56.1 Å². The van der Waals surface area contributed by atoms with Gasteiger partial charge in [0.2, 0.25) is 5.91 Å². The number of β-amino-alcohol motifs (C(OH)–C–C–N with tert-alkyl or cyclic N) is 1. The fourth-order valence-corrected chi connectivity index (χ4v) is 3.70. The Morgan fingerprint density at radius 1 is 1.35 bits per heavy atom. The topological polar surface area (TPSA) is 79.8 Å². The van der Waals surface area contributed by atoms with Gasteiger partial charge in [0, 0.05) is 31.7 Å². The Morgan fingerprint density at radius 3 is 2.62 bits per heavy atom. The molecule has 3 N–H and O–H groups in total. The number of hydrogen-bond donors (Lipinski definition) is 3. The average Bonchev–Trinajstić information content (AvgIpc) is 3.08. The maximum Gasteiger partial charge on any atom is 0.237 e. The zero-order chi connectivity index (χ0) is 17.7. The Labute approximate surface area is 161 Å². The molecule has 0 aliphatic carbocycles. The van der Waals surface area contributed by atoms with E-state index in [9.17, 15) is 9.90 Å². The van der Waals surface area contributed by atoms with Crippen LogP contribution in [0.25, 0.3) is 0 Å². The van der Waals surface area contributed by atoms with E-state index in [4.69, 9.17) is 9.47 Å². The summed E-state index contributed by atoms with van der Waals surface area (Å²) in [6, 6.07) is 7.88. The van der Waals surface area contributed by atoms with E-state index in [0.717, 1.165) is 18.6 Å². The molecule has 1 aromatic rings. The third kappa shape index (κ3) is 4.88. The number of hydrogen-bond acceptors (Lipinski definition) is 5. The van der Waals surface area contributed by atoms with Crippen LogP contribution in [0.15, 0.2) is 24.3 Å². The van der Waals surface area contributed by atoms with E-state index >= 15 is 0 Å². The Morgan fingerprint density at radius 2 is 2.04 bits per heavy atom. The number of aliphatic hydroxyl groups is 1. The van der Waals surface area contributed by atoms with E-state index < -0.39 is 6.10 Å². The summed E-state index contributed by atoms with van der Waals surface area (Å²) in [5.41, 5.74) is 1.09. The SMILES string of the molecule is CCOc1ccc(C2(CNC(=O)C3CC(O)CN3)CCOCC2)cc1.Cl. The van der Waals surface area contributed by atoms with Crippen LogP contribution in [0.3, 0.4) is 0 Å². The third-order valence-corrected chi connectivity index (χ3v) is 5.25. The summed E-state index contributed by atoms with van der Waals surface area (Å²) >= 11 is 0. The minimum Gasteiger partial charge on any atom is -0.494 e. The first-order valence-corrected chi connectivity index (χ1v) is 9.13. The molecule has 0 aromatic heterocycles. The van der Waals surface area contributed by atoms with Crippen LogP contribution in [-0.2, 0) is 14.9 Å². The van der Waals surface area contributed by atoms with Gasteiger partial charge in [0.25, 0.3) is 0 Å². The monoisotopic (exact) mass is 384 g/mol. The molecule has 0 radical (unpaired) electrons. The van der Waals surface area contributed by atoms with E-state index in [1.807, 2.05) is 19.1 Å². The third-order valence-electron chi connectivity index (χ3n) is 5.25. The molecule has 1 amide bonds. The summed E-state index contributed by atoms with van der Waals surface area (Å²) in [5.74, 6) is 0.829. The lowest BCUT2D eigenvalue weighted by atomic mass is 9.74. The number of rotatable bonds is 6. The fraction of sp³-hybridized carbons (Fsp3) is 0.632. The van der Waals surface area contributed by atoms with Crippen LogP contribution in [0.5, 0.6) is 5.75 Å². The summed E-state index contributed by atoms with van der Waals surface area (Å²) in [7, 11) is 0. The Bertz CT molecular complexity index is 575. The smallest absolute Gasteiger partial charge is 0.237 e. The van der Waals surface area contributed by atoms with Gasteiger partial charge in [0.05, 0.1) is 18.8 Å². The highest BCUT2D eigenvalue weighted by Crippen LogP contribution is 2.35. The average molecular weight is 385 g/mol. The first kappa shape index (κ1) is 21.0. The molecule has 2 unspecified atom stereocenters. The van der Waals surface area contributed by atoms with E-state index in [1.165, 1.54) is 5.56 Å². The molecule has 2 atom stereocenters. The first-order chi connectivity index (χ1) is 12.1. The summed E-state index contributed by atoms with van der Waals surface area (Å²) in [5, 5.41) is 15.8. The van der Waals surface area contributed by atoms with Crippen LogP contribution in [0, 0.1) is 0 Å². The van der Waals surface area contributed by atoms with Gasteiger partial charge < -0.3 is 25.2 Å². The zero-order valence-electron chi connectivity index (χ0n) is 15.2. The highest BCUT2D eigenvalue weighted by atomic mass is 35.5. The minimum absolute atomic E-state index is 0. The zero-order valence-corrected chi connectivity index (χ0v) is 16.0. The first-order valence-electron chi connectivity index (χ1n) is 9.13. The van der Waals surface area contributed by atoms with Gasteiger partial charge in [-0.2, -0.15) is 0 Å². The molecule has 0 spiro atoms. The fourth-order valence-electron chi connectivity index (χ4n) is 3.70. The van der Waals surface area contributed by atoms with Gasteiger partial charge in [0.1, 0.15) is 5.75 Å². The Hall–Kier alpha value is -1.34. The van der Waals surface area contributed by atoms with Crippen LogP contribution in [0.2, 0.25) is 0 Å². The van der Waals surface area contributed by atoms with Gasteiger partial charge in [-0.25, -0.2) is 0 Å². The highest BCUT2D eigenvalue weighted by Gasteiger charge is 2.36. The van der Waals surface area contributed by atoms with Crippen molar-refractivity contribution in [3.8, 4) is 5.75 Å². The predicted molar refractivity (Wildman–Crippen MR) is 102 cm³/mol. The molecule has 2 aliphatic rings. The second kappa shape index (κ2) is 9.55. The number of ether oxygens (including phenoxy) is 2. The van der Waals surface area contributed by atoms with Gasteiger partial charge in [-0.15, -0.1) is 12.4 Å². The summed E-state index contributed by atoms with van der Waals surface area (Å²) in [4.78, 5) is 12.4. The lowest BCUT2D eigenvalue weighted by Crippen LogP contribution is -2.48. The minimum atomic E-state index is -0.432. The normalized spacial score (nSPS) is 24.5. The molecule has 1 aromatic carbocycles. The molecular weight excluding hydrogens is 356 g/mol. The second-order valence-corrected chi connectivity index (χ2v) is 6.92. The molecule has 26 heavy (non-hydrogen) atoms.